The second kappa shape index (κ2) is 8.66. The average Bonchev–Trinajstić information content (AvgIpc) is 3.07. The summed E-state index contributed by atoms with van der Waals surface area (Å²) in [4.78, 5) is 18.3. The lowest BCUT2D eigenvalue weighted by atomic mass is 9.90. The number of thioether (sulfide) groups is 1. The second-order valence-electron chi connectivity index (χ2n) is 7.29. The van der Waals surface area contributed by atoms with E-state index in [0.29, 0.717) is 5.56 Å². The molecule has 0 saturated carbocycles. The van der Waals surface area contributed by atoms with Crippen LogP contribution in [0.25, 0.3) is 10.2 Å². The number of fused-ring (bicyclic) bond motifs is 2. The van der Waals surface area contributed by atoms with Gasteiger partial charge in [0, 0.05) is 17.9 Å². The molecule has 5 heteroatoms. The van der Waals surface area contributed by atoms with Gasteiger partial charge in [0.15, 0.2) is 4.80 Å². The Morgan fingerprint density at radius 3 is 2.75 bits per heavy atom. The number of carbonyl (C=O) groups is 1. The Morgan fingerprint density at radius 2 is 1.96 bits per heavy atom. The van der Waals surface area contributed by atoms with Gasteiger partial charge in [-0.15, -0.1) is 0 Å². The highest BCUT2D eigenvalue weighted by Gasteiger charge is 2.14. The number of hydrogen-bond donors (Lipinski definition) is 0. The molecular weight excluding hydrogens is 384 g/mol. The molecule has 1 heterocycles. The molecule has 4 rings (SSSR count). The summed E-state index contributed by atoms with van der Waals surface area (Å²) in [5, 5.41) is 0. The van der Waals surface area contributed by atoms with Crippen molar-refractivity contribution >= 4 is 39.2 Å². The van der Waals surface area contributed by atoms with Crippen molar-refractivity contribution in [3.63, 3.8) is 0 Å². The molecule has 0 spiro atoms. The molecule has 3 nitrogen and oxygen atoms in total. The largest absolute Gasteiger partial charge is 0.316 e. The molecule has 28 heavy (non-hydrogen) atoms. The number of aromatic nitrogens is 1. The fourth-order valence-electron chi connectivity index (χ4n) is 3.84. The molecule has 2 aromatic carbocycles. The van der Waals surface area contributed by atoms with Crippen LogP contribution < -0.4 is 4.80 Å². The zero-order valence-electron chi connectivity index (χ0n) is 16.5. The van der Waals surface area contributed by atoms with Crippen molar-refractivity contribution in [2.24, 2.45) is 4.99 Å². The first-order valence-electron chi connectivity index (χ1n) is 10.0. The maximum Gasteiger partial charge on any atom is 0.279 e. The van der Waals surface area contributed by atoms with Crippen LogP contribution in [0.2, 0.25) is 0 Å². The standard InChI is InChI=1S/C23H26N2OS2/c1-3-16-8-11-20-21(14-16)28-23(25(20)12-13-27-2)24-22(26)19-10-9-17-6-4-5-7-18(17)15-19/h8-11,14-15H,3-7,12-13H2,1-2H3. The Kier molecular flexibility index (Phi) is 6.02. The number of aryl methyl sites for hydroxylation is 4. The van der Waals surface area contributed by atoms with Crippen molar-refractivity contribution in [2.75, 3.05) is 12.0 Å². The summed E-state index contributed by atoms with van der Waals surface area (Å²) in [6, 6.07) is 12.7. The normalized spacial score (nSPS) is 14.4. The molecule has 1 amide bonds. The van der Waals surface area contributed by atoms with Crippen molar-refractivity contribution in [1.29, 1.82) is 0 Å². The van der Waals surface area contributed by atoms with Crippen molar-refractivity contribution < 1.29 is 4.79 Å². The number of benzene rings is 2. The van der Waals surface area contributed by atoms with Gasteiger partial charge >= 0.3 is 0 Å². The van der Waals surface area contributed by atoms with Crippen LogP contribution in [0.4, 0.5) is 0 Å². The third kappa shape index (κ3) is 3.96. The zero-order valence-corrected chi connectivity index (χ0v) is 18.2. The van der Waals surface area contributed by atoms with Crippen LogP contribution in [0.15, 0.2) is 41.4 Å². The number of nitrogens with zero attached hydrogens (tertiary/aromatic N) is 2. The van der Waals surface area contributed by atoms with Gasteiger partial charge in [-0.25, -0.2) is 0 Å². The minimum absolute atomic E-state index is 0.131. The molecule has 1 aromatic heterocycles. The predicted octanol–water partition coefficient (Wildman–Crippen LogP) is 5.25. The maximum absolute atomic E-state index is 12.9. The molecule has 1 aliphatic carbocycles. The predicted molar refractivity (Wildman–Crippen MR) is 121 cm³/mol. The number of hydrogen-bond acceptors (Lipinski definition) is 3. The molecule has 0 unspecified atom stereocenters. The molecule has 1 aliphatic rings. The summed E-state index contributed by atoms with van der Waals surface area (Å²) >= 11 is 3.43. The quantitative estimate of drug-likeness (QED) is 0.576. The summed E-state index contributed by atoms with van der Waals surface area (Å²) in [6.07, 6.45) is 7.80. The zero-order chi connectivity index (χ0) is 19.5. The molecule has 0 N–H and O–H groups in total. The lowest BCUT2D eigenvalue weighted by Crippen LogP contribution is -2.18. The second-order valence-corrected chi connectivity index (χ2v) is 9.29. The van der Waals surface area contributed by atoms with Gasteiger partial charge in [-0.2, -0.15) is 16.8 Å². The summed E-state index contributed by atoms with van der Waals surface area (Å²) < 4.78 is 3.41. The van der Waals surface area contributed by atoms with E-state index in [9.17, 15) is 4.79 Å². The van der Waals surface area contributed by atoms with E-state index in [4.69, 9.17) is 0 Å². The first-order chi connectivity index (χ1) is 13.7. The van der Waals surface area contributed by atoms with Gasteiger partial charge in [0.1, 0.15) is 0 Å². The fraction of sp³-hybridized carbons (Fsp3) is 0.391. The van der Waals surface area contributed by atoms with E-state index in [-0.39, 0.29) is 5.91 Å². The van der Waals surface area contributed by atoms with Crippen LogP contribution in [0, 0.1) is 0 Å². The fourth-order valence-corrected chi connectivity index (χ4v) is 5.32. The SMILES string of the molecule is CCc1ccc2c(c1)sc(=NC(=O)c1ccc3c(c1)CCCC3)n2CCSC. The van der Waals surface area contributed by atoms with E-state index in [1.54, 1.807) is 11.3 Å². The molecule has 0 saturated heterocycles. The highest BCUT2D eigenvalue weighted by molar-refractivity contribution is 7.98. The smallest absolute Gasteiger partial charge is 0.279 e. The number of amides is 1. The van der Waals surface area contributed by atoms with Crippen LogP contribution in [0.3, 0.4) is 0 Å². The van der Waals surface area contributed by atoms with Crippen LogP contribution in [-0.4, -0.2) is 22.5 Å². The van der Waals surface area contributed by atoms with Crippen molar-refractivity contribution in [3.8, 4) is 0 Å². The molecule has 0 aliphatic heterocycles. The van der Waals surface area contributed by atoms with Gasteiger partial charge in [0.2, 0.25) is 0 Å². The molecule has 3 aromatic rings. The third-order valence-electron chi connectivity index (χ3n) is 5.47. The highest BCUT2D eigenvalue weighted by Crippen LogP contribution is 2.23. The van der Waals surface area contributed by atoms with E-state index in [0.717, 1.165) is 36.4 Å². The van der Waals surface area contributed by atoms with Crippen molar-refractivity contribution in [2.45, 2.75) is 45.6 Å². The van der Waals surface area contributed by atoms with Crippen LogP contribution >= 0.6 is 23.1 Å². The summed E-state index contributed by atoms with van der Waals surface area (Å²) in [5.41, 5.74) is 5.92. The van der Waals surface area contributed by atoms with Crippen molar-refractivity contribution in [3.05, 3.63) is 63.5 Å². The highest BCUT2D eigenvalue weighted by atomic mass is 32.2. The minimum Gasteiger partial charge on any atom is -0.316 e. The first kappa shape index (κ1) is 19.5. The van der Waals surface area contributed by atoms with E-state index < -0.39 is 0 Å². The van der Waals surface area contributed by atoms with Crippen LogP contribution in [-0.2, 0) is 25.8 Å². The Bertz CT molecular complexity index is 1080. The lowest BCUT2D eigenvalue weighted by molar-refractivity contribution is 0.0997. The van der Waals surface area contributed by atoms with Gasteiger partial charge in [-0.05, 0) is 79.3 Å². The molecule has 0 fully saturated rings. The molecular formula is C23H26N2OS2. The van der Waals surface area contributed by atoms with Crippen LogP contribution in [0.5, 0.6) is 0 Å². The number of rotatable bonds is 5. The minimum atomic E-state index is -0.131. The molecule has 0 bridgehead atoms. The Hall–Kier alpha value is -1.85. The van der Waals surface area contributed by atoms with Gasteiger partial charge in [0.25, 0.3) is 5.91 Å². The van der Waals surface area contributed by atoms with E-state index in [1.165, 1.54) is 39.7 Å². The summed E-state index contributed by atoms with van der Waals surface area (Å²) in [6.45, 7) is 3.03. The first-order valence-corrected chi connectivity index (χ1v) is 12.2. The Balaban J connectivity index is 1.76. The average molecular weight is 411 g/mol. The van der Waals surface area contributed by atoms with E-state index >= 15 is 0 Å². The van der Waals surface area contributed by atoms with Gasteiger partial charge in [-0.3, -0.25) is 4.79 Å². The monoisotopic (exact) mass is 410 g/mol. The van der Waals surface area contributed by atoms with E-state index in [1.807, 2.05) is 17.8 Å². The van der Waals surface area contributed by atoms with Crippen molar-refractivity contribution in [1.82, 2.24) is 4.57 Å². The molecule has 0 radical (unpaired) electrons. The summed E-state index contributed by atoms with van der Waals surface area (Å²) in [5.74, 6) is 0.871. The van der Waals surface area contributed by atoms with Crippen LogP contribution in [0.1, 0.15) is 46.8 Å². The summed E-state index contributed by atoms with van der Waals surface area (Å²) in [7, 11) is 0. The number of carbonyl (C=O) groups excluding carboxylic acids is 1. The maximum atomic E-state index is 12.9. The Morgan fingerprint density at radius 1 is 1.14 bits per heavy atom. The van der Waals surface area contributed by atoms with Gasteiger partial charge in [-0.1, -0.05) is 30.4 Å². The molecule has 146 valence electrons. The Labute approximate surface area is 174 Å². The van der Waals surface area contributed by atoms with Gasteiger partial charge in [0.05, 0.1) is 10.2 Å². The lowest BCUT2D eigenvalue weighted by Gasteiger charge is -2.15. The molecule has 0 atom stereocenters. The van der Waals surface area contributed by atoms with Gasteiger partial charge < -0.3 is 4.57 Å². The topological polar surface area (TPSA) is 34.4 Å². The van der Waals surface area contributed by atoms with E-state index in [2.05, 4.69) is 53.1 Å². The number of thiazole rings is 1. The third-order valence-corrected chi connectivity index (χ3v) is 7.10.